The minimum absolute atomic E-state index is 0.0270. The molecule has 1 aliphatic heterocycles. The fraction of sp³-hybridized carbons (Fsp3) is 0.471. The molecular formula is C17H22BNO5. The first-order valence-electron chi connectivity index (χ1n) is 8.12. The van der Waals surface area contributed by atoms with Gasteiger partial charge in [-0.2, -0.15) is 0 Å². The van der Waals surface area contributed by atoms with Crippen molar-refractivity contribution in [2.24, 2.45) is 0 Å². The standard InChI is InChI=1S/C17H22BNO5/c1-11(20)16-7-3-5-13-9-14(18(23)24-17(13)16)10-15(22)6-4-8-19-12(2)21/h3,5,7,14,23H,4,6,8-10H2,1-2H3,(H,19,21)/t14-/m1/s1. The van der Waals surface area contributed by atoms with Crippen LogP contribution in [0.2, 0.25) is 5.82 Å². The summed E-state index contributed by atoms with van der Waals surface area (Å²) in [5.41, 5.74) is 1.29. The van der Waals surface area contributed by atoms with Crippen LogP contribution >= 0.6 is 0 Å². The summed E-state index contributed by atoms with van der Waals surface area (Å²) in [6.45, 7) is 3.36. The lowest BCUT2D eigenvalue weighted by atomic mass is 9.64. The van der Waals surface area contributed by atoms with Crippen molar-refractivity contribution >= 4 is 24.6 Å². The molecule has 7 heteroatoms. The number of ketones is 2. The van der Waals surface area contributed by atoms with E-state index in [1.165, 1.54) is 13.8 Å². The van der Waals surface area contributed by atoms with Gasteiger partial charge in [-0.3, -0.25) is 14.4 Å². The summed E-state index contributed by atoms with van der Waals surface area (Å²) >= 11 is 0. The number of carbonyl (C=O) groups excluding carboxylic acids is 3. The molecule has 1 aromatic carbocycles. The molecule has 0 aromatic heterocycles. The molecule has 0 saturated heterocycles. The molecule has 0 spiro atoms. The van der Waals surface area contributed by atoms with E-state index in [0.717, 1.165) is 5.56 Å². The van der Waals surface area contributed by atoms with Crippen molar-refractivity contribution in [2.75, 3.05) is 6.54 Å². The molecule has 1 aliphatic rings. The van der Waals surface area contributed by atoms with Gasteiger partial charge in [0.15, 0.2) is 5.78 Å². The van der Waals surface area contributed by atoms with Crippen molar-refractivity contribution in [3.05, 3.63) is 29.3 Å². The van der Waals surface area contributed by atoms with Crippen molar-refractivity contribution in [1.29, 1.82) is 0 Å². The predicted molar refractivity (Wildman–Crippen MR) is 90.0 cm³/mol. The van der Waals surface area contributed by atoms with E-state index in [9.17, 15) is 19.4 Å². The summed E-state index contributed by atoms with van der Waals surface area (Å²) in [5, 5.41) is 12.8. The number of fused-ring (bicyclic) bond motifs is 1. The molecule has 2 rings (SSSR count). The second-order valence-electron chi connectivity index (χ2n) is 6.15. The molecule has 1 amide bonds. The van der Waals surface area contributed by atoms with Crippen LogP contribution in [0.15, 0.2) is 18.2 Å². The maximum Gasteiger partial charge on any atom is 0.526 e. The van der Waals surface area contributed by atoms with E-state index < -0.39 is 7.12 Å². The highest BCUT2D eigenvalue weighted by molar-refractivity contribution is 6.47. The minimum atomic E-state index is -1.10. The zero-order valence-electron chi connectivity index (χ0n) is 14.0. The van der Waals surface area contributed by atoms with Crippen molar-refractivity contribution in [1.82, 2.24) is 5.32 Å². The van der Waals surface area contributed by atoms with Crippen LogP contribution in [0.3, 0.4) is 0 Å². The van der Waals surface area contributed by atoms with E-state index in [2.05, 4.69) is 5.32 Å². The van der Waals surface area contributed by atoms with Gasteiger partial charge in [-0.05, 0) is 31.4 Å². The molecule has 0 bridgehead atoms. The third-order valence-electron chi connectivity index (χ3n) is 4.10. The first-order valence-corrected chi connectivity index (χ1v) is 8.12. The molecule has 6 nitrogen and oxygen atoms in total. The first-order chi connectivity index (χ1) is 11.4. The lowest BCUT2D eigenvalue weighted by Gasteiger charge is -2.28. The summed E-state index contributed by atoms with van der Waals surface area (Å²) in [4.78, 5) is 34.5. The van der Waals surface area contributed by atoms with Crippen LogP contribution in [0.5, 0.6) is 5.75 Å². The molecule has 128 valence electrons. The molecule has 0 aliphatic carbocycles. The first kappa shape index (κ1) is 18.2. The number of benzene rings is 1. The third kappa shape index (κ3) is 4.68. The van der Waals surface area contributed by atoms with E-state index in [0.29, 0.717) is 37.1 Å². The van der Waals surface area contributed by atoms with E-state index >= 15 is 0 Å². The number of rotatable bonds is 7. The SMILES string of the molecule is CC(=O)NCCCC(=O)C[C@H]1Cc2cccc(C(C)=O)c2OB1O. The van der Waals surface area contributed by atoms with E-state index in [1.54, 1.807) is 12.1 Å². The zero-order valence-corrected chi connectivity index (χ0v) is 14.0. The normalized spacial score (nSPS) is 16.1. The van der Waals surface area contributed by atoms with E-state index in [1.807, 2.05) is 6.07 Å². The number of nitrogens with one attached hydrogen (secondary N) is 1. The fourth-order valence-electron chi connectivity index (χ4n) is 2.88. The fourth-order valence-corrected chi connectivity index (χ4v) is 2.88. The van der Waals surface area contributed by atoms with Gasteiger partial charge in [0.2, 0.25) is 5.91 Å². The largest absolute Gasteiger partial charge is 0.535 e. The Balaban J connectivity index is 1.94. The second-order valence-corrected chi connectivity index (χ2v) is 6.15. The number of hydrogen-bond acceptors (Lipinski definition) is 5. The Labute approximate surface area is 141 Å². The Hall–Kier alpha value is -2.15. The Bertz CT molecular complexity index is 646. The van der Waals surface area contributed by atoms with Crippen LogP contribution in [0.4, 0.5) is 0 Å². The third-order valence-corrected chi connectivity index (χ3v) is 4.10. The van der Waals surface area contributed by atoms with Crippen LogP contribution in [0, 0.1) is 0 Å². The topological polar surface area (TPSA) is 92.7 Å². The van der Waals surface area contributed by atoms with Gasteiger partial charge in [0.05, 0.1) is 5.56 Å². The average Bonchev–Trinajstić information content (AvgIpc) is 2.51. The van der Waals surface area contributed by atoms with Crippen molar-refractivity contribution in [3.8, 4) is 5.75 Å². The van der Waals surface area contributed by atoms with Gasteiger partial charge >= 0.3 is 7.12 Å². The molecule has 1 atom stereocenters. The maximum absolute atomic E-state index is 12.1. The molecular weight excluding hydrogens is 309 g/mol. The summed E-state index contributed by atoms with van der Waals surface area (Å²) < 4.78 is 5.52. The van der Waals surface area contributed by atoms with Crippen LogP contribution in [0.1, 0.15) is 49.0 Å². The number of amides is 1. The van der Waals surface area contributed by atoms with Crippen molar-refractivity contribution in [2.45, 2.75) is 45.3 Å². The smallest absolute Gasteiger partial charge is 0.526 e. The highest BCUT2D eigenvalue weighted by Gasteiger charge is 2.37. The van der Waals surface area contributed by atoms with E-state index in [-0.39, 0.29) is 29.7 Å². The van der Waals surface area contributed by atoms with Crippen molar-refractivity contribution in [3.63, 3.8) is 0 Å². The lowest BCUT2D eigenvalue weighted by molar-refractivity contribution is -0.121. The van der Waals surface area contributed by atoms with Crippen LogP contribution in [-0.2, 0) is 16.0 Å². The summed E-state index contributed by atoms with van der Waals surface area (Å²) in [7, 11) is -1.10. The minimum Gasteiger partial charge on any atom is -0.535 e. The van der Waals surface area contributed by atoms with Crippen LogP contribution in [-0.4, -0.2) is 36.2 Å². The summed E-state index contributed by atoms with van der Waals surface area (Å²) in [6, 6.07) is 5.30. The monoisotopic (exact) mass is 331 g/mol. The van der Waals surface area contributed by atoms with E-state index in [4.69, 9.17) is 4.65 Å². The van der Waals surface area contributed by atoms with Gasteiger partial charge in [0.25, 0.3) is 0 Å². The second kappa shape index (κ2) is 8.10. The van der Waals surface area contributed by atoms with Crippen LogP contribution < -0.4 is 9.97 Å². The lowest BCUT2D eigenvalue weighted by Crippen LogP contribution is -2.35. The molecule has 1 heterocycles. The van der Waals surface area contributed by atoms with Crippen molar-refractivity contribution < 1.29 is 24.1 Å². The Kier molecular flexibility index (Phi) is 6.14. The summed E-state index contributed by atoms with van der Waals surface area (Å²) in [6.07, 6.45) is 1.64. The Morgan fingerprint density at radius 3 is 2.75 bits per heavy atom. The molecule has 0 radical (unpaired) electrons. The number of carbonyl (C=O) groups is 3. The van der Waals surface area contributed by atoms with Gasteiger partial charge < -0.3 is 15.0 Å². The molecule has 2 N–H and O–H groups in total. The molecule has 24 heavy (non-hydrogen) atoms. The number of hydrogen-bond donors (Lipinski definition) is 2. The maximum atomic E-state index is 12.1. The highest BCUT2D eigenvalue weighted by Crippen LogP contribution is 2.36. The highest BCUT2D eigenvalue weighted by atomic mass is 16.5. The van der Waals surface area contributed by atoms with Crippen LogP contribution in [0.25, 0.3) is 0 Å². The molecule has 0 unspecified atom stereocenters. The zero-order chi connectivity index (χ0) is 17.7. The Morgan fingerprint density at radius 1 is 1.33 bits per heavy atom. The number of Topliss-reactive ketones (excluding diaryl/α,β-unsaturated/α-hetero) is 2. The summed E-state index contributed by atoms with van der Waals surface area (Å²) in [5.74, 6) is -0.109. The van der Waals surface area contributed by atoms with Gasteiger partial charge in [0, 0.05) is 32.1 Å². The number of para-hydroxylation sites is 1. The quantitative estimate of drug-likeness (QED) is 0.449. The van der Waals surface area contributed by atoms with Gasteiger partial charge in [-0.1, -0.05) is 12.1 Å². The molecule has 0 saturated carbocycles. The Morgan fingerprint density at radius 2 is 2.08 bits per heavy atom. The molecule has 0 fully saturated rings. The van der Waals surface area contributed by atoms with Gasteiger partial charge in [-0.15, -0.1) is 0 Å². The predicted octanol–water partition coefficient (Wildman–Crippen LogP) is 1.55. The molecule has 1 aromatic rings. The van der Waals surface area contributed by atoms with Gasteiger partial charge in [0.1, 0.15) is 11.5 Å². The van der Waals surface area contributed by atoms with Gasteiger partial charge in [-0.25, -0.2) is 0 Å². The average molecular weight is 331 g/mol.